The minimum atomic E-state index is -0.397. The van der Waals surface area contributed by atoms with Gasteiger partial charge in [0.05, 0.1) is 13.2 Å². The topological polar surface area (TPSA) is 63.6 Å². The minimum Gasteiger partial charge on any atom is -0.469 e. The molecular weight excluding hydrogens is 292 g/mol. The summed E-state index contributed by atoms with van der Waals surface area (Å²) in [4.78, 5) is 24.3. The lowest BCUT2D eigenvalue weighted by Gasteiger charge is -2.55. The third-order valence-electron chi connectivity index (χ3n) is 7.62. The molecule has 3 saturated carbocycles. The monoisotopic (exact) mass is 322 g/mol. The summed E-state index contributed by atoms with van der Waals surface area (Å²) in [6.45, 7) is 4.32. The van der Waals surface area contributed by atoms with Crippen LogP contribution < -0.4 is 0 Å². The number of aliphatic hydroxyl groups is 1. The summed E-state index contributed by atoms with van der Waals surface area (Å²) < 4.78 is 4.77. The second-order valence-corrected chi connectivity index (χ2v) is 8.47. The van der Waals surface area contributed by atoms with Crippen molar-refractivity contribution in [3.8, 4) is 0 Å². The van der Waals surface area contributed by atoms with Gasteiger partial charge < -0.3 is 9.84 Å². The molecule has 0 bridgehead atoms. The molecule has 23 heavy (non-hydrogen) atoms. The molecule has 3 rings (SSSR count). The van der Waals surface area contributed by atoms with Crippen molar-refractivity contribution in [2.45, 2.75) is 71.3 Å². The van der Waals surface area contributed by atoms with Crippen LogP contribution in [0.5, 0.6) is 0 Å². The highest BCUT2D eigenvalue weighted by Crippen LogP contribution is 2.62. The zero-order valence-electron chi connectivity index (χ0n) is 14.6. The molecule has 3 aliphatic carbocycles. The highest BCUT2D eigenvalue weighted by molar-refractivity contribution is 5.86. The third-order valence-corrected chi connectivity index (χ3v) is 7.62. The molecule has 0 amide bonds. The molecule has 0 heterocycles. The van der Waals surface area contributed by atoms with Crippen molar-refractivity contribution in [2.24, 2.45) is 28.6 Å². The Labute approximate surface area is 139 Å². The highest BCUT2D eigenvalue weighted by Gasteiger charge is 2.59. The van der Waals surface area contributed by atoms with Gasteiger partial charge >= 0.3 is 5.97 Å². The lowest BCUT2D eigenvalue weighted by atomic mass is 9.49. The second kappa shape index (κ2) is 5.87. The molecule has 4 heteroatoms. The lowest BCUT2D eigenvalue weighted by Crippen LogP contribution is -2.53. The van der Waals surface area contributed by atoms with E-state index in [0.717, 1.165) is 32.1 Å². The summed E-state index contributed by atoms with van der Waals surface area (Å²) in [5, 5.41) is 10.4. The highest BCUT2D eigenvalue weighted by atomic mass is 16.5. The van der Waals surface area contributed by atoms with E-state index in [9.17, 15) is 14.7 Å². The first-order chi connectivity index (χ1) is 10.8. The molecule has 0 aromatic heterocycles. The Balaban J connectivity index is 1.83. The Morgan fingerprint density at radius 3 is 2.65 bits per heavy atom. The molecule has 0 radical (unpaired) electrons. The quantitative estimate of drug-likeness (QED) is 0.811. The molecule has 1 N–H and O–H groups in total. The van der Waals surface area contributed by atoms with Gasteiger partial charge in [-0.3, -0.25) is 9.59 Å². The van der Waals surface area contributed by atoms with Crippen molar-refractivity contribution in [3.05, 3.63) is 0 Å². The maximum absolute atomic E-state index is 12.7. The predicted octanol–water partition coefficient (Wildman–Crippen LogP) is 3.11. The fourth-order valence-corrected chi connectivity index (χ4v) is 6.03. The molecule has 0 aromatic rings. The predicted molar refractivity (Wildman–Crippen MR) is 86.6 cm³/mol. The number of aliphatic hydroxyl groups excluding tert-OH is 1. The number of fused-ring (bicyclic) bond motifs is 3. The summed E-state index contributed by atoms with van der Waals surface area (Å²) in [5.41, 5.74) is -0.364. The maximum atomic E-state index is 12.7. The average Bonchev–Trinajstić information content (AvgIpc) is 2.84. The molecule has 4 nitrogen and oxygen atoms in total. The standard InChI is InChI=1S/C19H30O4/c1-18-10-8-14-12(13(18)5-7-16(18)21)4-6-15(20)19(14,2)11-9-17(22)23-3/h12-14,16,21H,4-11H2,1-3H3/t12?,13?,14?,16-,18-,19+/m0/s1. The van der Waals surface area contributed by atoms with Gasteiger partial charge in [-0.25, -0.2) is 0 Å². The largest absolute Gasteiger partial charge is 0.469 e. The van der Waals surface area contributed by atoms with Gasteiger partial charge in [0.2, 0.25) is 0 Å². The van der Waals surface area contributed by atoms with Gasteiger partial charge in [0, 0.05) is 18.3 Å². The molecular formula is C19H30O4. The summed E-state index contributed by atoms with van der Waals surface area (Å²) in [7, 11) is 1.40. The molecule has 0 saturated heterocycles. The number of hydrogen-bond donors (Lipinski definition) is 1. The third kappa shape index (κ3) is 2.54. The molecule has 3 unspecified atom stereocenters. The van der Waals surface area contributed by atoms with Crippen LogP contribution in [0.1, 0.15) is 65.2 Å². The number of carbonyl (C=O) groups is 2. The molecule has 0 aromatic carbocycles. The lowest BCUT2D eigenvalue weighted by molar-refractivity contribution is -0.150. The molecule has 130 valence electrons. The van der Waals surface area contributed by atoms with E-state index in [4.69, 9.17) is 4.74 Å². The smallest absolute Gasteiger partial charge is 0.305 e. The van der Waals surface area contributed by atoms with E-state index in [2.05, 4.69) is 13.8 Å². The summed E-state index contributed by atoms with van der Waals surface area (Å²) >= 11 is 0. The SMILES string of the molecule is COC(=O)CC[C@@]1(C)C(=O)CCC2C1CC[C@@]1(C)C2CC[C@@H]1O. The van der Waals surface area contributed by atoms with Crippen LogP contribution in [0.2, 0.25) is 0 Å². The van der Waals surface area contributed by atoms with Gasteiger partial charge in [0.25, 0.3) is 0 Å². The van der Waals surface area contributed by atoms with Crippen LogP contribution in [0, 0.1) is 28.6 Å². The van der Waals surface area contributed by atoms with Crippen LogP contribution in [-0.2, 0) is 14.3 Å². The first kappa shape index (κ1) is 16.9. The van der Waals surface area contributed by atoms with Gasteiger partial charge in [-0.1, -0.05) is 13.8 Å². The maximum Gasteiger partial charge on any atom is 0.305 e. The van der Waals surface area contributed by atoms with E-state index in [1.807, 2.05) is 0 Å². The van der Waals surface area contributed by atoms with Crippen LogP contribution in [0.15, 0.2) is 0 Å². The van der Waals surface area contributed by atoms with E-state index in [-0.39, 0.29) is 17.5 Å². The summed E-state index contributed by atoms with van der Waals surface area (Å²) in [6, 6.07) is 0. The van der Waals surface area contributed by atoms with Gasteiger partial charge in [-0.15, -0.1) is 0 Å². The molecule has 0 spiro atoms. The Bertz CT molecular complexity index is 502. The van der Waals surface area contributed by atoms with Gasteiger partial charge in [0.1, 0.15) is 5.78 Å². The normalized spacial score (nSPS) is 46.2. The fourth-order valence-electron chi connectivity index (χ4n) is 6.03. The van der Waals surface area contributed by atoms with Crippen molar-refractivity contribution >= 4 is 11.8 Å². The first-order valence-electron chi connectivity index (χ1n) is 9.11. The van der Waals surface area contributed by atoms with Crippen LogP contribution in [0.25, 0.3) is 0 Å². The van der Waals surface area contributed by atoms with E-state index < -0.39 is 5.41 Å². The van der Waals surface area contributed by atoms with E-state index >= 15 is 0 Å². The number of carbonyl (C=O) groups excluding carboxylic acids is 2. The van der Waals surface area contributed by atoms with Crippen molar-refractivity contribution < 1.29 is 19.4 Å². The van der Waals surface area contributed by atoms with E-state index in [0.29, 0.717) is 42.8 Å². The number of Topliss-reactive ketones (excluding diaryl/α,β-unsaturated/α-hetero) is 1. The summed E-state index contributed by atoms with van der Waals surface area (Å²) in [6.07, 6.45) is 6.31. The van der Waals surface area contributed by atoms with E-state index in [1.165, 1.54) is 7.11 Å². The number of rotatable bonds is 3. The number of hydrogen-bond acceptors (Lipinski definition) is 4. The van der Waals surface area contributed by atoms with Crippen LogP contribution in [0.4, 0.5) is 0 Å². The molecule has 0 aliphatic heterocycles. The first-order valence-corrected chi connectivity index (χ1v) is 9.11. The van der Waals surface area contributed by atoms with Crippen molar-refractivity contribution in [3.63, 3.8) is 0 Å². The molecule has 3 fully saturated rings. The Hall–Kier alpha value is -0.900. The average molecular weight is 322 g/mol. The minimum absolute atomic E-state index is 0.0326. The fraction of sp³-hybridized carbons (Fsp3) is 0.895. The van der Waals surface area contributed by atoms with Crippen LogP contribution in [0.3, 0.4) is 0 Å². The second-order valence-electron chi connectivity index (χ2n) is 8.47. The molecule has 6 atom stereocenters. The summed E-state index contributed by atoms with van der Waals surface area (Å²) in [5.74, 6) is 1.51. The number of ether oxygens (including phenoxy) is 1. The van der Waals surface area contributed by atoms with E-state index in [1.54, 1.807) is 0 Å². The van der Waals surface area contributed by atoms with Crippen molar-refractivity contribution in [1.82, 2.24) is 0 Å². The number of methoxy groups -OCH3 is 1. The van der Waals surface area contributed by atoms with Crippen LogP contribution in [-0.4, -0.2) is 30.1 Å². The van der Waals surface area contributed by atoms with Gasteiger partial charge in [0.15, 0.2) is 0 Å². The van der Waals surface area contributed by atoms with Crippen LogP contribution >= 0.6 is 0 Å². The Morgan fingerprint density at radius 2 is 1.96 bits per heavy atom. The zero-order valence-corrected chi connectivity index (χ0v) is 14.6. The van der Waals surface area contributed by atoms with Gasteiger partial charge in [-0.2, -0.15) is 0 Å². The number of ketones is 1. The van der Waals surface area contributed by atoms with Crippen molar-refractivity contribution in [2.75, 3.05) is 7.11 Å². The number of esters is 1. The Kier molecular flexibility index (Phi) is 4.33. The molecule has 3 aliphatic rings. The van der Waals surface area contributed by atoms with Crippen molar-refractivity contribution in [1.29, 1.82) is 0 Å². The van der Waals surface area contributed by atoms with Gasteiger partial charge in [-0.05, 0) is 61.7 Å². The zero-order chi connectivity index (χ0) is 16.8. The Morgan fingerprint density at radius 1 is 1.22 bits per heavy atom.